The molecule has 3 fully saturated rings. The van der Waals surface area contributed by atoms with E-state index in [4.69, 9.17) is 0 Å². The summed E-state index contributed by atoms with van der Waals surface area (Å²) in [5.41, 5.74) is 1.32. The standard InChI is InChI=1S/C17H26N4O2/c1-12(2)5-6-21-9-13-3-4-15(21)11-20(8-13)10-14-7-16(22)19-17(23)18-14/h5,7,13,15H,3-4,6,8-11H2,1-2H3,(H2,18,19,22,23)/t13-,15+/m1/s1. The third-order valence-corrected chi connectivity index (χ3v) is 4.85. The quantitative estimate of drug-likeness (QED) is 0.810. The highest BCUT2D eigenvalue weighted by Gasteiger charge is 2.34. The van der Waals surface area contributed by atoms with Crippen LogP contribution in [0.25, 0.3) is 0 Å². The van der Waals surface area contributed by atoms with E-state index in [-0.39, 0.29) is 5.56 Å². The van der Waals surface area contributed by atoms with Crippen LogP contribution >= 0.6 is 0 Å². The number of aromatic nitrogens is 2. The second kappa shape index (κ2) is 6.84. The Labute approximate surface area is 136 Å². The molecule has 0 amide bonds. The average molecular weight is 318 g/mol. The molecule has 2 bridgehead atoms. The van der Waals surface area contributed by atoms with Gasteiger partial charge in [-0.05, 0) is 32.6 Å². The topological polar surface area (TPSA) is 72.2 Å². The van der Waals surface area contributed by atoms with Gasteiger partial charge in [-0.25, -0.2) is 4.79 Å². The van der Waals surface area contributed by atoms with Gasteiger partial charge in [-0.2, -0.15) is 0 Å². The molecule has 0 aromatic carbocycles. The van der Waals surface area contributed by atoms with E-state index >= 15 is 0 Å². The fourth-order valence-electron chi connectivity index (χ4n) is 3.77. The largest absolute Gasteiger partial charge is 0.325 e. The minimum Gasteiger partial charge on any atom is -0.310 e. The van der Waals surface area contributed by atoms with Crippen LogP contribution in [0.2, 0.25) is 0 Å². The van der Waals surface area contributed by atoms with Crippen molar-refractivity contribution in [3.8, 4) is 0 Å². The Balaban J connectivity index is 1.70. The molecule has 3 aliphatic heterocycles. The van der Waals surface area contributed by atoms with E-state index in [2.05, 4.69) is 39.7 Å². The molecule has 4 heterocycles. The van der Waals surface area contributed by atoms with Crippen LogP contribution in [-0.4, -0.2) is 52.0 Å². The van der Waals surface area contributed by atoms with Crippen molar-refractivity contribution in [2.45, 2.75) is 39.3 Å². The van der Waals surface area contributed by atoms with Crippen LogP contribution in [0.5, 0.6) is 0 Å². The van der Waals surface area contributed by atoms with E-state index in [0.717, 1.165) is 26.2 Å². The summed E-state index contributed by atoms with van der Waals surface area (Å²) in [4.78, 5) is 32.8. The van der Waals surface area contributed by atoms with Gasteiger partial charge in [0.15, 0.2) is 0 Å². The first-order valence-corrected chi connectivity index (χ1v) is 8.42. The number of rotatable bonds is 4. The fourth-order valence-corrected chi connectivity index (χ4v) is 3.77. The van der Waals surface area contributed by atoms with Crippen LogP contribution in [0.1, 0.15) is 32.4 Å². The van der Waals surface area contributed by atoms with E-state index in [9.17, 15) is 9.59 Å². The minimum absolute atomic E-state index is 0.327. The molecule has 3 aliphatic rings. The van der Waals surface area contributed by atoms with Gasteiger partial charge in [0.25, 0.3) is 5.56 Å². The van der Waals surface area contributed by atoms with Crippen LogP contribution in [-0.2, 0) is 6.54 Å². The number of nitrogens with zero attached hydrogens (tertiary/aromatic N) is 2. The molecule has 6 heteroatoms. The van der Waals surface area contributed by atoms with Crippen molar-refractivity contribution in [3.63, 3.8) is 0 Å². The normalized spacial score (nSPS) is 25.3. The van der Waals surface area contributed by atoms with E-state index in [0.29, 0.717) is 24.2 Å². The maximum atomic E-state index is 11.5. The summed E-state index contributed by atoms with van der Waals surface area (Å²) in [5.74, 6) is 0.674. The van der Waals surface area contributed by atoms with Gasteiger partial charge in [0.2, 0.25) is 0 Å². The summed E-state index contributed by atoms with van der Waals surface area (Å²) in [6.45, 7) is 9.15. The molecule has 23 heavy (non-hydrogen) atoms. The molecule has 6 nitrogen and oxygen atoms in total. The van der Waals surface area contributed by atoms with Crippen molar-refractivity contribution < 1.29 is 0 Å². The number of H-pyrrole nitrogens is 2. The van der Waals surface area contributed by atoms with Crippen molar-refractivity contribution in [2.24, 2.45) is 5.92 Å². The zero-order chi connectivity index (χ0) is 16.4. The van der Waals surface area contributed by atoms with E-state index in [1.54, 1.807) is 0 Å². The zero-order valence-electron chi connectivity index (χ0n) is 14.0. The first kappa shape index (κ1) is 16.2. The van der Waals surface area contributed by atoms with Gasteiger partial charge in [0.05, 0.1) is 0 Å². The van der Waals surface area contributed by atoms with Crippen LogP contribution in [0.4, 0.5) is 0 Å². The molecular formula is C17H26N4O2. The van der Waals surface area contributed by atoms with E-state index in [1.807, 2.05) is 0 Å². The van der Waals surface area contributed by atoms with Gasteiger partial charge in [-0.15, -0.1) is 0 Å². The summed E-state index contributed by atoms with van der Waals surface area (Å²) >= 11 is 0. The Morgan fingerprint density at radius 2 is 2.04 bits per heavy atom. The number of hydrogen-bond acceptors (Lipinski definition) is 4. The highest BCUT2D eigenvalue weighted by Crippen LogP contribution is 2.28. The Bertz CT molecular complexity index is 658. The molecule has 0 aliphatic carbocycles. The molecule has 0 unspecified atom stereocenters. The van der Waals surface area contributed by atoms with Gasteiger partial charge >= 0.3 is 5.69 Å². The number of nitrogens with one attached hydrogen (secondary N) is 2. The number of aromatic amines is 2. The molecule has 2 atom stereocenters. The minimum atomic E-state index is -0.421. The van der Waals surface area contributed by atoms with Gasteiger partial charge in [-0.3, -0.25) is 19.6 Å². The molecule has 2 N–H and O–H groups in total. The predicted molar refractivity (Wildman–Crippen MR) is 90.5 cm³/mol. The van der Waals surface area contributed by atoms with Crippen LogP contribution < -0.4 is 11.2 Å². The first-order chi connectivity index (χ1) is 11.0. The average Bonchev–Trinajstić information content (AvgIpc) is 2.74. The molecule has 1 aromatic rings. The second-order valence-electron chi connectivity index (χ2n) is 7.14. The lowest BCUT2D eigenvalue weighted by atomic mass is 9.95. The smallest absolute Gasteiger partial charge is 0.310 e. The molecule has 0 spiro atoms. The molecule has 0 radical (unpaired) electrons. The lowest BCUT2D eigenvalue weighted by molar-refractivity contribution is 0.146. The first-order valence-electron chi connectivity index (χ1n) is 8.42. The Kier molecular flexibility index (Phi) is 4.82. The Morgan fingerprint density at radius 1 is 1.22 bits per heavy atom. The molecule has 4 rings (SSSR count). The monoisotopic (exact) mass is 318 g/mol. The van der Waals surface area contributed by atoms with E-state index in [1.165, 1.54) is 24.5 Å². The lowest BCUT2D eigenvalue weighted by Crippen LogP contribution is -2.43. The number of fused-ring (bicyclic) bond motifs is 4. The summed E-state index contributed by atoms with van der Waals surface area (Å²) < 4.78 is 0. The lowest BCUT2D eigenvalue weighted by Gasteiger charge is -2.35. The maximum Gasteiger partial charge on any atom is 0.325 e. The third-order valence-electron chi connectivity index (χ3n) is 4.85. The second-order valence-corrected chi connectivity index (χ2v) is 7.14. The Hall–Kier alpha value is -1.66. The molecule has 0 saturated carbocycles. The molecule has 126 valence electrons. The summed E-state index contributed by atoms with van der Waals surface area (Å²) in [6, 6.07) is 2.06. The van der Waals surface area contributed by atoms with Gasteiger partial charge in [-0.1, -0.05) is 11.6 Å². The number of allylic oxidation sites excluding steroid dienone is 1. The SMILES string of the molecule is CC(C)=CCN1C[C@@H]2CC[C@H]1CN(Cc1cc(=O)[nH]c(=O)[nH]1)C2. The number of hydrogen-bond donors (Lipinski definition) is 2. The van der Waals surface area contributed by atoms with Crippen molar-refractivity contribution in [1.29, 1.82) is 0 Å². The molecular weight excluding hydrogens is 292 g/mol. The van der Waals surface area contributed by atoms with Crippen molar-refractivity contribution in [2.75, 3.05) is 26.2 Å². The van der Waals surface area contributed by atoms with Gasteiger partial charge in [0, 0.05) is 50.5 Å². The highest BCUT2D eigenvalue weighted by atomic mass is 16.2. The van der Waals surface area contributed by atoms with E-state index < -0.39 is 5.69 Å². The Morgan fingerprint density at radius 3 is 2.78 bits per heavy atom. The van der Waals surface area contributed by atoms with Crippen molar-refractivity contribution in [3.05, 3.63) is 44.2 Å². The molecule has 3 saturated heterocycles. The van der Waals surface area contributed by atoms with Gasteiger partial charge in [0.1, 0.15) is 0 Å². The highest BCUT2D eigenvalue weighted by molar-refractivity contribution is 5.02. The summed E-state index contributed by atoms with van der Waals surface area (Å²) in [7, 11) is 0. The summed E-state index contributed by atoms with van der Waals surface area (Å²) in [5, 5.41) is 0. The van der Waals surface area contributed by atoms with Crippen molar-refractivity contribution in [1.82, 2.24) is 19.8 Å². The fraction of sp³-hybridized carbons (Fsp3) is 0.647. The van der Waals surface area contributed by atoms with Crippen LogP contribution in [0.3, 0.4) is 0 Å². The predicted octanol–water partition coefficient (Wildman–Crippen LogP) is 0.926. The van der Waals surface area contributed by atoms with Crippen LogP contribution in [0, 0.1) is 5.92 Å². The van der Waals surface area contributed by atoms with Crippen molar-refractivity contribution >= 4 is 0 Å². The molecule has 1 aromatic heterocycles. The summed E-state index contributed by atoms with van der Waals surface area (Å²) in [6.07, 6.45) is 4.82. The maximum absolute atomic E-state index is 11.5. The van der Waals surface area contributed by atoms with Gasteiger partial charge < -0.3 is 4.98 Å². The third kappa shape index (κ3) is 4.20. The number of piperidine rings is 1. The zero-order valence-corrected chi connectivity index (χ0v) is 14.0. The van der Waals surface area contributed by atoms with Crippen LogP contribution in [0.15, 0.2) is 27.3 Å².